The van der Waals surface area contributed by atoms with Gasteiger partial charge in [0.15, 0.2) is 0 Å². The molecule has 16 heteroatoms. The average molecular weight is 717 g/mol. The summed E-state index contributed by atoms with van der Waals surface area (Å²) in [5.41, 5.74) is -3.14. The summed E-state index contributed by atoms with van der Waals surface area (Å²) in [6, 6.07) is 4.60. The van der Waals surface area contributed by atoms with Crippen molar-refractivity contribution in [2.75, 3.05) is 45.3 Å². The lowest BCUT2D eigenvalue weighted by Crippen LogP contribution is -2.48. The monoisotopic (exact) mass is 716 g/mol. The highest BCUT2D eigenvalue weighted by Gasteiger charge is 2.43. The molecular formula is C34H39F7N4O5. The summed E-state index contributed by atoms with van der Waals surface area (Å²) in [7, 11) is 2.44. The van der Waals surface area contributed by atoms with Crippen LogP contribution in [0.4, 0.5) is 46.0 Å². The first-order valence-corrected chi connectivity index (χ1v) is 16.4. The van der Waals surface area contributed by atoms with E-state index in [9.17, 15) is 45.1 Å². The number of rotatable bonds is 6. The van der Waals surface area contributed by atoms with Crippen LogP contribution in [0.1, 0.15) is 61.1 Å². The van der Waals surface area contributed by atoms with Crippen molar-refractivity contribution >= 4 is 23.7 Å². The van der Waals surface area contributed by atoms with E-state index in [0.29, 0.717) is 74.3 Å². The molecule has 0 radical (unpaired) electrons. The van der Waals surface area contributed by atoms with Crippen LogP contribution < -0.4 is 10.2 Å². The molecule has 1 aliphatic carbocycles. The zero-order chi connectivity index (χ0) is 36.4. The Labute approximate surface area is 284 Å². The van der Waals surface area contributed by atoms with Crippen LogP contribution in [0.15, 0.2) is 42.5 Å². The second-order valence-electron chi connectivity index (χ2n) is 13.1. The maximum Gasteiger partial charge on any atom is 0.416 e. The van der Waals surface area contributed by atoms with Crippen molar-refractivity contribution in [1.29, 1.82) is 0 Å². The Morgan fingerprint density at radius 2 is 1.42 bits per heavy atom. The van der Waals surface area contributed by atoms with Gasteiger partial charge in [0, 0.05) is 63.6 Å². The molecule has 2 aromatic carbocycles. The van der Waals surface area contributed by atoms with Gasteiger partial charge in [-0.25, -0.2) is 14.0 Å². The van der Waals surface area contributed by atoms with Gasteiger partial charge in [0.2, 0.25) is 5.91 Å². The Hall–Kier alpha value is -4.08. The third-order valence-electron chi connectivity index (χ3n) is 9.79. The minimum Gasteiger partial charge on any atom is -0.446 e. The molecule has 50 heavy (non-hydrogen) atoms. The Kier molecular flexibility index (Phi) is 11.2. The smallest absolute Gasteiger partial charge is 0.416 e. The van der Waals surface area contributed by atoms with E-state index in [0.717, 1.165) is 7.05 Å². The minimum atomic E-state index is -5.10. The molecule has 2 atom stereocenters. The van der Waals surface area contributed by atoms with E-state index in [1.54, 1.807) is 4.90 Å². The highest BCUT2D eigenvalue weighted by atomic mass is 19.4. The van der Waals surface area contributed by atoms with Crippen molar-refractivity contribution in [1.82, 2.24) is 15.1 Å². The summed E-state index contributed by atoms with van der Waals surface area (Å²) >= 11 is 0. The van der Waals surface area contributed by atoms with Crippen LogP contribution in [0.25, 0.3) is 0 Å². The van der Waals surface area contributed by atoms with Gasteiger partial charge in [0.25, 0.3) is 0 Å². The molecule has 3 aliphatic rings. The number of anilines is 1. The fraction of sp³-hybridized carbons (Fsp3) is 0.559. The molecule has 5 rings (SSSR count). The summed E-state index contributed by atoms with van der Waals surface area (Å²) in [5.74, 6) is -1.59. The number of nitrogens with zero attached hydrogens (tertiary/aromatic N) is 3. The minimum absolute atomic E-state index is 0.0148. The number of urea groups is 1. The van der Waals surface area contributed by atoms with E-state index >= 15 is 0 Å². The fourth-order valence-corrected chi connectivity index (χ4v) is 6.91. The van der Waals surface area contributed by atoms with E-state index in [4.69, 9.17) is 9.47 Å². The van der Waals surface area contributed by atoms with E-state index in [1.165, 1.54) is 36.2 Å². The number of alkyl halides is 6. The Bertz CT molecular complexity index is 1490. The molecule has 4 amide bonds. The average Bonchev–Trinajstić information content (AvgIpc) is 3.52. The van der Waals surface area contributed by atoms with Crippen LogP contribution in [0.2, 0.25) is 0 Å². The second-order valence-corrected chi connectivity index (χ2v) is 13.1. The SMILES string of the molecule is CN(C(=O)N(C)[C@@H]1CN(C(=O)C2CCC(NC(=O)OC3CCOCC3)CC2)C[C@H]1c1ccc(F)cc1)c1cc(C(F)(F)F)cc(C(F)(F)F)c1. The number of carbonyl (C=O) groups is 3. The lowest BCUT2D eigenvalue weighted by Gasteiger charge is -2.33. The number of likely N-dealkylation sites (N-methyl/N-ethyl adjacent to an activating group) is 1. The van der Waals surface area contributed by atoms with Crippen LogP contribution in [-0.4, -0.2) is 86.4 Å². The van der Waals surface area contributed by atoms with Crippen molar-refractivity contribution < 1.29 is 54.6 Å². The molecule has 1 saturated carbocycles. The summed E-state index contributed by atoms with van der Waals surface area (Å²) in [4.78, 5) is 43.4. The van der Waals surface area contributed by atoms with Gasteiger partial charge in [0.05, 0.1) is 30.4 Å². The summed E-state index contributed by atoms with van der Waals surface area (Å²) < 4.78 is 106. The van der Waals surface area contributed by atoms with Gasteiger partial charge >= 0.3 is 24.5 Å². The van der Waals surface area contributed by atoms with Crippen molar-refractivity contribution in [2.24, 2.45) is 5.92 Å². The number of hydrogen-bond acceptors (Lipinski definition) is 5. The molecule has 2 aliphatic heterocycles. The van der Waals surface area contributed by atoms with Crippen LogP contribution in [0, 0.1) is 11.7 Å². The Balaban J connectivity index is 1.28. The topological polar surface area (TPSA) is 91.4 Å². The molecular weight excluding hydrogens is 677 g/mol. The van der Waals surface area contributed by atoms with E-state index in [2.05, 4.69) is 5.32 Å². The molecule has 9 nitrogen and oxygen atoms in total. The van der Waals surface area contributed by atoms with Crippen LogP contribution in [0.5, 0.6) is 0 Å². The first kappa shape index (κ1) is 37.2. The second kappa shape index (κ2) is 15.0. The first-order valence-electron chi connectivity index (χ1n) is 16.4. The lowest BCUT2D eigenvalue weighted by atomic mass is 9.85. The lowest BCUT2D eigenvalue weighted by molar-refractivity contribution is -0.143. The molecule has 0 unspecified atom stereocenters. The van der Waals surface area contributed by atoms with Crippen LogP contribution in [-0.2, 0) is 26.6 Å². The highest BCUT2D eigenvalue weighted by Crippen LogP contribution is 2.39. The first-order chi connectivity index (χ1) is 23.5. The van der Waals surface area contributed by atoms with Crippen LogP contribution in [0.3, 0.4) is 0 Å². The number of likely N-dealkylation sites (tertiary alicyclic amines) is 1. The number of ether oxygens (including phenoxy) is 2. The van der Waals surface area contributed by atoms with Crippen LogP contribution >= 0.6 is 0 Å². The summed E-state index contributed by atoms with van der Waals surface area (Å²) in [6.45, 7) is 1.24. The van der Waals surface area contributed by atoms with E-state index < -0.39 is 59.1 Å². The molecule has 0 aromatic heterocycles. The molecule has 274 valence electrons. The molecule has 0 spiro atoms. The third-order valence-corrected chi connectivity index (χ3v) is 9.79. The largest absolute Gasteiger partial charge is 0.446 e. The van der Waals surface area contributed by atoms with Crippen molar-refractivity contribution in [2.45, 2.75) is 75.0 Å². The van der Waals surface area contributed by atoms with Crippen molar-refractivity contribution in [3.05, 3.63) is 65.0 Å². The number of halogens is 7. The molecule has 3 fully saturated rings. The Morgan fingerprint density at radius 1 is 0.840 bits per heavy atom. The van der Waals surface area contributed by atoms with Gasteiger partial charge in [0.1, 0.15) is 11.9 Å². The predicted molar refractivity (Wildman–Crippen MR) is 167 cm³/mol. The van der Waals surface area contributed by atoms with Gasteiger partial charge in [-0.3, -0.25) is 9.69 Å². The van der Waals surface area contributed by atoms with Crippen molar-refractivity contribution in [3.63, 3.8) is 0 Å². The predicted octanol–water partition coefficient (Wildman–Crippen LogP) is 6.81. The molecule has 2 aromatic rings. The van der Waals surface area contributed by atoms with Gasteiger partial charge in [-0.05, 0) is 61.6 Å². The van der Waals surface area contributed by atoms with Gasteiger partial charge in [-0.2, -0.15) is 26.3 Å². The highest BCUT2D eigenvalue weighted by molar-refractivity contribution is 5.92. The normalized spacial score (nSPS) is 23.3. The summed E-state index contributed by atoms with van der Waals surface area (Å²) in [6.07, 6.45) is -7.60. The number of hydrogen-bond donors (Lipinski definition) is 1. The zero-order valence-electron chi connectivity index (χ0n) is 27.5. The maximum absolute atomic E-state index is 13.8. The molecule has 1 N–H and O–H groups in total. The van der Waals surface area contributed by atoms with Gasteiger partial charge < -0.3 is 24.6 Å². The quantitative estimate of drug-likeness (QED) is 0.332. The standard InChI is InChI=1S/C34H39F7N4O5/c1-43(26-16-22(33(36,37)38)15-23(17-26)34(39,40)41)32(48)44(2)29-19-45(18-28(29)20-3-7-24(35)8-4-20)30(46)21-5-9-25(10-6-21)42-31(47)50-27-11-13-49-14-12-27/h3-4,7-8,15-17,21,25,27-29H,5-6,9-14,18-19H2,1-2H3,(H,42,47)/t21?,25?,28-,29+/m0/s1. The van der Waals surface area contributed by atoms with E-state index in [-0.39, 0.29) is 43.1 Å². The van der Waals surface area contributed by atoms with Gasteiger partial charge in [-0.1, -0.05) is 12.1 Å². The number of amides is 4. The number of alkyl carbamates (subject to hydrolysis) is 1. The van der Waals surface area contributed by atoms with Crippen molar-refractivity contribution in [3.8, 4) is 0 Å². The Morgan fingerprint density at radius 3 is 1.98 bits per heavy atom. The zero-order valence-corrected chi connectivity index (χ0v) is 27.5. The van der Waals surface area contributed by atoms with E-state index in [1.807, 2.05) is 0 Å². The maximum atomic E-state index is 13.8. The molecule has 2 saturated heterocycles. The summed E-state index contributed by atoms with van der Waals surface area (Å²) in [5, 5.41) is 2.88. The fourth-order valence-electron chi connectivity index (χ4n) is 6.91. The number of carbonyl (C=O) groups excluding carboxylic acids is 3. The molecule has 0 bridgehead atoms. The number of nitrogens with one attached hydrogen (secondary N) is 1. The van der Waals surface area contributed by atoms with Gasteiger partial charge in [-0.15, -0.1) is 0 Å². The third kappa shape index (κ3) is 8.79. The number of benzene rings is 2. The molecule has 2 heterocycles.